The normalized spacial score (nSPS) is 20.1. The highest BCUT2D eigenvalue weighted by Crippen LogP contribution is 2.25. The highest BCUT2D eigenvalue weighted by molar-refractivity contribution is 5.94. The molecule has 0 saturated carbocycles. The summed E-state index contributed by atoms with van der Waals surface area (Å²) in [6.45, 7) is 19.4. The van der Waals surface area contributed by atoms with Crippen LogP contribution < -0.4 is 0 Å². The van der Waals surface area contributed by atoms with Gasteiger partial charge in [-0.05, 0) is 55.6 Å². The summed E-state index contributed by atoms with van der Waals surface area (Å²) in [5, 5.41) is 16.6. The molecule has 3 atom stereocenters. The Morgan fingerprint density at radius 2 is 1.00 bits per heavy atom. The number of hydrogen-bond acceptors (Lipinski definition) is 4. The maximum Gasteiger partial charge on any atom is 0.331 e. The molecule has 3 unspecified atom stereocenters. The Labute approximate surface area is 206 Å². The number of carbonyl (C=O) groups is 4. The van der Waals surface area contributed by atoms with E-state index in [0.29, 0.717) is 35.2 Å². The molecule has 6 nitrogen and oxygen atoms in total. The van der Waals surface area contributed by atoms with Gasteiger partial charge in [-0.15, -0.1) is 0 Å². The van der Waals surface area contributed by atoms with Crippen molar-refractivity contribution in [3.05, 3.63) is 47.6 Å². The van der Waals surface area contributed by atoms with Crippen LogP contribution in [0.5, 0.6) is 0 Å². The van der Waals surface area contributed by atoms with Crippen LogP contribution in [0.25, 0.3) is 0 Å². The minimum absolute atomic E-state index is 0.239. The van der Waals surface area contributed by atoms with Crippen LogP contribution >= 0.6 is 0 Å². The molecule has 6 heteroatoms. The second-order valence-electron chi connectivity index (χ2n) is 8.57. The van der Waals surface area contributed by atoms with E-state index in [0.717, 1.165) is 24.8 Å². The van der Waals surface area contributed by atoms with Crippen LogP contribution in [0, 0.1) is 17.8 Å². The number of Topliss-reactive ketones (excluding diaryl/α,β-unsaturated/α-hetero) is 1. The Morgan fingerprint density at radius 3 is 1.06 bits per heavy atom. The van der Waals surface area contributed by atoms with E-state index in [1.54, 1.807) is 19.1 Å². The molecule has 0 saturated heterocycles. The zero-order valence-electron chi connectivity index (χ0n) is 22.4. The number of hydrogen-bond donors (Lipinski definition) is 2. The standard InChI is InChI=1S/C7H10O.2C6H8O2.C3H4O.2C3H8/c1-5-3-7(4-5)6(2)8;2*1-4-2-5(3-4)6(7)8;1-2-3-4;2*1-3-2/h3,5H,4H2,1-2H3;2*2,4H,3H2,1H3,(H,7,8);2-3H,1H2;2*3H2,1-2H3. The molecule has 0 aromatic heterocycles. The van der Waals surface area contributed by atoms with E-state index < -0.39 is 11.9 Å². The first kappa shape index (κ1) is 35.8. The highest BCUT2D eigenvalue weighted by Gasteiger charge is 2.20. The van der Waals surface area contributed by atoms with Gasteiger partial charge < -0.3 is 10.2 Å². The lowest BCUT2D eigenvalue weighted by Crippen LogP contribution is -2.13. The molecule has 3 aliphatic rings. The van der Waals surface area contributed by atoms with Crippen molar-refractivity contribution >= 4 is 24.0 Å². The lowest BCUT2D eigenvalue weighted by Gasteiger charge is -2.18. The third kappa shape index (κ3) is 19.9. The van der Waals surface area contributed by atoms with Crippen LogP contribution in [0.1, 0.15) is 87.5 Å². The first-order valence-electron chi connectivity index (χ1n) is 12.0. The van der Waals surface area contributed by atoms with Crippen LogP contribution in [0.4, 0.5) is 0 Å². The van der Waals surface area contributed by atoms with Gasteiger partial charge in [0.15, 0.2) is 5.78 Å². The summed E-state index contributed by atoms with van der Waals surface area (Å²) in [7, 11) is 0. The molecule has 0 aromatic carbocycles. The van der Waals surface area contributed by atoms with Crippen LogP contribution in [-0.4, -0.2) is 34.2 Å². The van der Waals surface area contributed by atoms with Crippen molar-refractivity contribution in [3.63, 3.8) is 0 Å². The van der Waals surface area contributed by atoms with Crippen molar-refractivity contribution in [3.8, 4) is 0 Å². The molecule has 3 rings (SSSR count). The summed E-state index contributed by atoms with van der Waals surface area (Å²) in [5.74, 6) is 0.338. The summed E-state index contributed by atoms with van der Waals surface area (Å²) < 4.78 is 0. The van der Waals surface area contributed by atoms with E-state index in [-0.39, 0.29) is 5.78 Å². The van der Waals surface area contributed by atoms with Gasteiger partial charge >= 0.3 is 11.9 Å². The zero-order valence-corrected chi connectivity index (χ0v) is 22.4. The van der Waals surface area contributed by atoms with Gasteiger partial charge in [-0.25, -0.2) is 9.59 Å². The van der Waals surface area contributed by atoms with Crippen LogP contribution in [-0.2, 0) is 19.2 Å². The van der Waals surface area contributed by atoms with E-state index >= 15 is 0 Å². The molecule has 0 spiro atoms. The van der Waals surface area contributed by atoms with Crippen molar-refractivity contribution in [2.24, 2.45) is 17.8 Å². The van der Waals surface area contributed by atoms with Crippen LogP contribution in [0.2, 0.25) is 0 Å². The van der Waals surface area contributed by atoms with E-state index in [4.69, 9.17) is 15.0 Å². The van der Waals surface area contributed by atoms with Crippen molar-refractivity contribution in [1.82, 2.24) is 0 Å². The number of carbonyl (C=O) groups excluding carboxylic acids is 2. The van der Waals surface area contributed by atoms with Crippen molar-refractivity contribution < 1.29 is 29.4 Å². The molecular formula is C28H46O6. The number of allylic oxidation sites excluding steroid dienone is 5. The minimum atomic E-state index is -0.761. The molecule has 0 bridgehead atoms. The Morgan fingerprint density at radius 1 is 0.794 bits per heavy atom. The first-order valence-corrected chi connectivity index (χ1v) is 12.0. The van der Waals surface area contributed by atoms with Crippen molar-refractivity contribution in [2.45, 2.75) is 87.5 Å². The summed E-state index contributed by atoms with van der Waals surface area (Å²) in [6, 6.07) is 0. The van der Waals surface area contributed by atoms with Gasteiger partial charge in [0.2, 0.25) is 0 Å². The fourth-order valence-corrected chi connectivity index (χ4v) is 2.55. The van der Waals surface area contributed by atoms with Gasteiger partial charge in [-0.3, -0.25) is 9.59 Å². The van der Waals surface area contributed by atoms with E-state index in [2.05, 4.69) is 41.2 Å². The predicted octanol–water partition coefficient (Wildman–Crippen LogP) is 6.82. The molecule has 0 heterocycles. The van der Waals surface area contributed by atoms with Gasteiger partial charge in [0.1, 0.15) is 6.29 Å². The molecule has 0 aliphatic heterocycles. The quantitative estimate of drug-likeness (QED) is 0.339. The number of ketones is 1. The lowest BCUT2D eigenvalue weighted by molar-refractivity contribution is -0.134. The SMILES string of the molecule is C=CC=O.CC(=O)C1=CC(C)C1.CC1C=C(C(=O)O)C1.CC1C=C(C(=O)O)C1.CCC.CCC. The number of carboxylic acids is 2. The van der Waals surface area contributed by atoms with Crippen LogP contribution in [0.15, 0.2) is 47.6 Å². The lowest BCUT2D eigenvalue weighted by atomic mass is 9.86. The van der Waals surface area contributed by atoms with Gasteiger partial charge in [0.25, 0.3) is 0 Å². The smallest absolute Gasteiger partial charge is 0.331 e. The minimum Gasteiger partial charge on any atom is -0.478 e. The molecule has 194 valence electrons. The largest absolute Gasteiger partial charge is 0.478 e. The van der Waals surface area contributed by atoms with Gasteiger partial charge in [0.05, 0.1) is 0 Å². The Bertz CT molecular complexity index is 634. The third-order valence-corrected chi connectivity index (χ3v) is 4.18. The number of carboxylic acid groups (broad SMARTS) is 2. The Kier molecular flexibility index (Phi) is 23.2. The highest BCUT2D eigenvalue weighted by atomic mass is 16.4. The molecule has 0 radical (unpaired) electrons. The van der Waals surface area contributed by atoms with E-state index in [1.807, 2.05) is 19.9 Å². The molecule has 3 aliphatic carbocycles. The summed E-state index contributed by atoms with van der Waals surface area (Å²) in [4.78, 5) is 39.7. The van der Waals surface area contributed by atoms with Crippen LogP contribution in [0.3, 0.4) is 0 Å². The fourth-order valence-electron chi connectivity index (χ4n) is 2.55. The molecule has 2 N–H and O–H groups in total. The summed E-state index contributed by atoms with van der Waals surface area (Å²) in [5.41, 5.74) is 2.15. The Balaban J connectivity index is -0.000000357. The van der Waals surface area contributed by atoms with Crippen molar-refractivity contribution in [1.29, 1.82) is 0 Å². The molecule has 0 amide bonds. The van der Waals surface area contributed by atoms with E-state index in [1.165, 1.54) is 18.9 Å². The number of rotatable bonds is 4. The maximum atomic E-state index is 10.5. The molecule has 0 aromatic rings. The summed E-state index contributed by atoms with van der Waals surface area (Å²) >= 11 is 0. The molecular weight excluding hydrogens is 432 g/mol. The second-order valence-corrected chi connectivity index (χ2v) is 8.57. The van der Waals surface area contributed by atoms with Gasteiger partial charge in [0, 0.05) is 11.1 Å². The summed E-state index contributed by atoms with van der Waals surface area (Å²) in [6.07, 6.45) is 12.4. The first-order chi connectivity index (χ1) is 15.8. The third-order valence-electron chi connectivity index (χ3n) is 4.18. The van der Waals surface area contributed by atoms with Gasteiger partial charge in [-0.2, -0.15) is 0 Å². The predicted molar refractivity (Wildman–Crippen MR) is 140 cm³/mol. The average molecular weight is 479 g/mol. The van der Waals surface area contributed by atoms with E-state index in [9.17, 15) is 14.4 Å². The zero-order chi connectivity index (χ0) is 27.3. The number of aldehydes is 1. The topological polar surface area (TPSA) is 109 Å². The molecule has 34 heavy (non-hydrogen) atoms. The van der Waals surface area contributed by atoms with Gasteiger partial charge in [-0.1, -0.05) is 86.1 Å². The number of aliphatic carboxylic acids is 2. The average Bonchev–Trinajstić information content (AvgIpc) is 2.68. The molecule has 0 fully saturated rings. The maximum absolute atomic E-state index is 10.5. The Hall–Kier alpha value is -2.76. The monoisotopic (exact) mass is 478 g/mol. The van der Waals surface area contributed by atoms with Crippen molar-refractivity contribution in [2.75, 3.05) is 0 Å². The second kappa shape index (κ2) is 22.1. The fraction of sp³-hybridized carbons (Fsp3) is 0.571.